The fourth-order valence-corrected chi connectivity index (χ4v) is 2.13. The molecular formula is C17H18ClN3. The molecule has 0 radical (unpaired) electrons. The van der Waals surface area contributed by atoms with Crippen LogP contribution in [0.5, 0.6) is 0 Å². The van der Waals surface area contributed by atoms with Gasteiger partial charge in [-0.15, -0.1) is 11.6 Å². The number of aliphatic imine (C=N–C) groups is 1. The molecule has 3 nitrogen and oxygen atoms in total. The molecule has 0 saturated heterocycles. The van der Waals surface area contributed by atoms with Crippen LogP contribution in [-0.2, 0) is 6.42 Å². The summed E-state index contributed by atoms with van der Waals surface area (Å²) in [5.41, 5.74) is 9.33. The van der Waals surface area contributed by atoms with Crippen molar-refractivity contribution in [3.05, 3.63) is 65.2 Å². The second-order valence-corrected chi connectivity index (χ2v) is 5.51. The molecular weight excluding hydrogens is 282 g/mol. The molecule has 2 rings (SSSR count). The molecule has 2 aromatic rings. The number of amidine groups is 1. The van der Waals surface area contributed by atoms with Gasteiger partial charge in [-0.05, 0) is 43.2 Å². The first kappa shape index (κ1) is 15.3. The van der Waals surface area contributed by atoms with E-state index in [1.165, 1.54) is 11.1 Å². The maximum absolute atomic E-state index is 7.33. The molecule has 0 aliphatic heterocycles. The highest BCUT2D eigenvalue weighted by Gasteiger charge is 2.03. The van der Waals surface area contributed by atoms with Gasteiger partial charge in [-0.25, -0.2) is 0 Å². The highest BCUT2D eigenvalue weighted by Crippen LogP contribution is 2.14. The number of hydrogen-bond donors (Lipinski definition) is 2. The highest BCUT2D eigenvalue weighted by molar-refractivity contribution is 6.28. The Balaban J connectivity index is 1.96. The summed E-state index contributed by atoms with van der Waals surface area (Å²) in [5, 5.41) is 7.18. The van der Waals surface area contributed by atoms with Crippen LogP contribution in [0.4, 0.5) is 5.69 Å². The van der Waals surface area contributed by atoms with Crippen molar-refractivity contribution in [2.45, 2.75) is 18.7 Å². The number of nitrogens with one attached hydrogen (secondary N) is 1. The molecule has 0 spiro atoms. The molecule has 0 aliphatic carbocycles. The number of hydrogen-bond acceptors (Lipinski definition) is 2. The largest absolute Gasteiger partial charge is 0.384 e. The number of nitrogens with two attached hydrogens (primary N) is 1. The van der Waals surface area contributed by atoms with E-state index in [1.54, 1.807) is 18.3 Å². The molecule has 0 amide bonds. The SMILES string of the molecule is Cc1ccc(CC(Cl)C=Nc2ccc(C(=N)N)cc2)cc1. The van der Waals surface area contributed by atoms with Crippen LogP contribution in [0.25, 0.3) is 0 Å². The number of aryl methyl sites for hydroxylation is 1. The van der Waals surface area contributed by atoms with E-state index >= 15 is 0 Å². The van der Waals surface area contributed by atoms with Gasteiger partial charge < -0.3 is 5.73 Å². The van der Waals surface area contributed by atoms with Gasteiger partial charge in [0.05, 0.1) is 11.1 Å². The summed E-state index contributed by atoms with van der Waals surface area (Å²) in [6.07, 6.45) is 2.49. The Labute approximate surface area is 130 Å². The Hall–Kier alpha value is -2.13. The molecule has 3 N–H and O–H groups in total. The van der Waals surface area contributed by atoms with E-state index in [-0.39, 0.29) is 11.2 Å². The lowest BCUT2D eigenvalue weighted by Gasteiger charge is -2.04. The number of nitrogens with zero attached hydrogens (tertiary/aromatic N) is 1. The summed E-state index contributed by atoms with van der Waals surface area (Å²) in [4.78, 5) is 4.35. The predicted molar refractivity (Wildman–Crippen MR) is 90.1 cm³/mol. The van der Waals surface area contributed by atoms with Crippen molar-refractivity contribution in [3.63, 3.8) is 0 Å². The van der Waals surface area contributed by atoms with Crippen LogP contribution >= 0.6 is 11.6 Å². The van der Waals surface area contributed by atoms with Crippen molar-refractivity contribution < 1.29 is 0 Å². The molecule has 0 saturated carbocycles. The highest BCUT2D eigenvalue weighted by atomic mass is 35.5. The van der Waals surface area contributed by atoms with E-state index in [9.17, 15) is 0 Å². The van der Waals surface area contributed by atoms with Crippen LogP contribution in [0.3, 0.4) is 0 Å². The van der Waals surface area contributed by atoms with Gasteiger partial charge in [0.2, 0.25) is 0 Å². The fourth-order valence-electron chi connectivity index (χ4n) is 1.90. The third kappa shape index (κ3) is 4.72. The summed E-state index contributed by atoms with van der Waals surface area (Å²) in [7, 11) is 0. The van der Waals surface area contributed by atoms with Crippen LogP contribution in [-0.4, -0.2) is 17.4 Å². The van der Waals surface area contributed by atoms with Crippen LogP contribution in [0.2, 0.25) is 0 Å². The van der Waals surface area contributed by atoms with Crippen LogP contribution in [0.1, 0.15) is 16.7 Å². The predicted octanol–water partition coefficient (Wildman–Crippen LogP) is 3.83. The second-order valence-electron chi connectivity index (χ2n) is 4.94. The molecule has 0 bridgehead atoms. The minimum absolute atomic E-state index is 0.0557. The number of halogens is 1. The normalized spacial score (nSPS) is 12.5. The second kappa shape index (κ2) is 7.04. The average Bonchev–Trinajstić information content (AvgIpc) is 2.48. The van der Waals surface area contributed by atoms with Crippen LogP contribution in [0.15, 0.2) is 53.5 Å². The van der Waals surface area contributed by atoms with Crippen LogP contribution < -0.4 is 5.73 Å². The minimum Gasteiger partial charge on any atom is -0.384 e. The van der Waals surface area contributed by atoms with Gasteiger partial charge in [-0.3, -0.25) is 10.4 Å². The topological polar surface area (TPSA) is 62.2 Å². The standard InChI is InChI=1S/C17H18ClN3/c1-12-2-4-13(5-3-12)10-15(18)11-21-16-8-6-14(7-9-16)17(19)20/h2-9,11,15H,10H2,1H3,(H3,19,20). The van der Waals surface area contributed by atoms with E-state index in [2.05, 4.69) is 36.2 Å². The van der Waals surface area contributed by atoms with E-state index in [0.717, 1.165) is 12.1 Å². The first-order valence-corrected chi connectivity index (χ1v) is 7.16. The Morgan fingerprint density at radius 1 is 1.19 bits per heavy atom. The summed E-state index contributed by atoms with van der Waals surface area (Å²) in [5.74, 6) is 0.0557. The Morgan fingerprint density at radius 3 is 2.38 bits per heavy atom. The van der Waals surface area contributed by atoms with Gasteiger partial charge in [-0.1, -0.05) is 29.8 Å². The third-order valence-corrected chi connectivity index (χ3v) is 3.38. The summed E-state index contributed by atoms with van der Waals surface area (Å²) in [6, 6.07) is 15.5. The van der Waals surface area contributed by atoms with Crippen molar-refractivity contribution >= 4 is 29.3 Å². The molecule has 0 aromatic heterocycles. The molecule has 0 heterocycles. The number of rotatable bonds is 5. The summed E-state index contributed by atoms with van der Waals surface area (Å²) >= 11 is 6.28. The minimum atomic E-state index is -0.153. The Bertz CT molecular complexity index is 630. The molecule has 1 unspecified atom stereocenters. The zero-order valence-electron chi connectivity index (χ0n) is 11.9. The number of nitrogen functional groups attached to an aromatic ring is 1. The first-order chi connectivity index (χ1) is 10.0. The van der Waals surface area contributed by atoms with E-state index < -0.39 is 0 Å². The van der Waals surface area contributed by atoms with Crippen molar-refractivity contribution in [2.24, 2.45) is 10.7 Å². The zero-order valence-corrected chi connectivity index (χ0v) is 12.6. The molecule has 21 heavy (non-hydrogen) atoms. The lowest BCUT2D eigenvalue weighted by molar-refractivity contribution is 1.06. The molecule has 0 fully saturated rings. The summed E-state index contributed by atoms with van der Waals surface area (Å²) < 4.78 is 0. The average molecular weight is 300 g/mol. The van der Waals surface area contributed by atoms with Gasteiger partial charge in [0, 0.05) is 11.8 Å². The Kier molecular flexibility index (Phi) is 5.12. The monoisotopic (exact) mass is 299 g/mol. The van der Waals surface area contributed by atoms with Gasteiger partial charge in [0.25, 0.3) is 0 Å². The van der Waals surface area contributed by atoms with Gasteiger partial charge in [0.15, 0.2) is 0 Å². The smallest absolute Gasteiger partial charge is 0.122 e. The van der Waals surface area contributed by atoms with Crippen molar-refractivity contribution in [1.82, 2.24) is 0 Å². The lowest BCUT2D eigenvalue weighted by Crippen LogP contribution is -2.10. The lowest BCUT2D eigenvalue weighted by atomic mass is 10.1. The Morgan fingerprint density at radius 2 is 1.81 bits per heavy atom. The molecule has 1 atom stereocenters. The zero-order chi connectivity index (χ0) is 15.2. The molecule has 0 aliphatic rings. The van der Waals surface area contributed by atoms with Crippen molar-refractivity contribution in [3.8, 4) is 0 Å². The van der Waals surface area contributed by atoms with E-state index in [0.29, 0.717) is 5.56 Å². The van der Waals surface area contributed by atoms with Crippen LogP contribution in [0, 0.1) is 12.3 Å². The number of benzene rings is 2. The maximum atomic E-state index is 7.33. The van der Waals surface area contributed by atoms with Gasteiger partial charge in [0.1, 0.15) is 5.84 Å². The first-order valence-electron chi connectivity index (χ1n) is 6.73. The molecule has 4 heteroatoms. The summed E-state index contributed by atoms with van der Waals surface area (Å²) in [6.45, 7) is 2.06. The van der Waals surface area contributed by atoms with E-state index in [4.69, 9.17) is 22.7 Å². The van der Waals surface area contributed by atoms with Gasteiger partial charge in [-0.2, -0.15) is 0 Å². The van der Waals surface area contributed by atoms with Gasteiger partial charge >= 0.3 is 0 Å². The quantitative estimate of drug-likeness (QED) is 0.492. The molecule has 108 valence electrons. The molecule has 2 aromatic carbocycles. The maximum Gasteiger partial charge on any atom is 0.122 e. The number of alkyl halides is 1. The van der Waals surface area contributed by atoms with Crippen molar-refractivity contribution in [1.29, 1.82) is 5.41 Å². The third-order valence-electron chi connectivity index (χ3n) is 3.11. The van der Waals surface area contributed by atoms with E-state index in [1.807, 2.05) is 12.1 Å². The van der Waals surface area contributed by atoms with Crippen molar-refractivity contribution in [2.75, 3.05) is 0 Å². The fraction of sp³-hybridized carbons (Fsp3) is 0.176.